The second kappa shape index (κ2) is 6.99. The van der Waals surface area contributed by atoms with Gasteiger partial charge in [-0.2, -0.15) is 0 Å². The number of fused-ring (bicyclic) bond motifs is 1. The number of anilines is 1. The Morgan fingerprint density at radius 1 is 1.21 bits per heavy atom. The normalized spacial score (nSPS) is 10.9. The molecule has 3 aromatic heterocycles. The van der Waals surface area contributed by atoms with Crippen LogP contribution in [0, 0.1) is 0 Å². The second-order valence-corrected chi connectivity index (χ2v) is 6.12. The van der Waals surface area contributed by atoms with E-state index in [0.29, 0.717) is 17.1 Å². The fraction of sp³-hybridized carbons (Fsp3) is 0.100. The number of para-hydroxylation sites is 1. The fourth-order valence-electron chi connectivity index (χ4n) is 3.01. The van der Waals surface area contributed by atoms with Crippen molar-refractivity contribution in [3.8, 4) is 11.5 Å². The topological polar surface area (TPSA) is 116 Å². The summed E-state index contributed by atoms with van der Waals surface area (Å²) in [5.74, 6) is -0.633. The number of aromatic nitrogens is 3. The van der Waals surface area contributed by atoms with E-state index in [1.165, 1.54) is 12.6 Å². The number of hydrogen-bond donors (Lipinski definition) is 2. The van der Waals surface area contributed by atoms with Crippen molar-refractivity contribution in [2.75, 3.05) is 5.32 Å². The molecule has 1 aromatic carbocycles. The molecule has 0 aliphatic rings. The molecule has 140 valence electrons. The molecule has 0 radical (unpaired) electrons. The van der Waals surface area contributed by atoms with Crippen LogP contribution in [0.15, 0.2) is 59.5 Å². The van der Waals surface area contributed by atoms with Crippen LogP contribution < -0.4 is 11.1 Å². The minimum absolute atomic E-state index is 0.0172. The standard InChI is InChI=1S/C20H17N5O3/c1-2-12-6-3-4-7-13(12)24-20(27)14-10-15(16-8-5-9-28-16)25-11-22-17(18(21)26)19(25)23-14/h3-11H,2H2,1H3,(H2,21,26)(H,24,27). The Kier molecular flexibility index (Phi) is 4.36. The number of nitrogens with zero attached hydrogens (tertiary/aromatic N) is 3. The Morgan fingerprint density at radius 2 is 2.04 bits per heavy atom. The van der Waals surface area contributed by atoms with Crippen LogP contribution in [0.1, 0.15) is 33.5 Å². The molecule has 28 heavy (non-hydrogen) atoms. The number of nitrogens with one attached hydrogen (secondary N) is 1. The first-order valence-electron chi connectivity index (χ1n) is 8.69. The number of primary amides is 1. The number of carbonyl (C=O) groups is 2. The number of rotatable bonds is 5. The van der Waals surface area contributed by atoms with Crippen molar-refractivity contribution < 1.29 is 14.0 Å². The first-order valence-corrected chi connectivity index (χ1v) is 8.69. The van der Waals surface area contributed by atoms with Crippen LogP contribution >= 0.6 is 0 Å². The third-order valence-electron chi connectivity index (χ3n) is 4.39. The lowest BCUT2D eigenvalue weighted by Gasteiger charge is -2.11. The molecule has 0 aliphatic carbocycles. The minimum atomic E-state index is -0.728. The number of hydrogen-bond acceptors (Lipinski definition) is 5. The number of nitrogens with two attached hydrogens (primary N) is 1. The highest BCUT2D eigenvalue weighted by Gasteiger charge is 2.20. The molecule has 8 heteroatoms. The molecule has 4 aromatic rings. The maximum atomic E-state index is 12.9. The zero-order chi connectivity index (χ0) is 19.7. The number of imidazole rings is 1. The van der Waals surface area contributed by atoms with Crippen LogP contribution in [-0.4, -0.2) is 26.2 Å². The van der Waals surface area contributed by atoms with Crippen molar-refractivity contribution in [2.45, 2.75) is 13.3 Å². The van der Waals surface area contributed by atoms with Crippen molar-refractivity contribution in [3.05, 3.63) is 72.0 Å². The van der Waals surface area contributed by atoms with E-state index in [9.17, 15) is 9.59 Å². The van der Waals surface area contributed by atoms with Crippen LogP contribution in [-0.2, 0) is 6.42 Å². The van der Waals surface area contributed by atoms with Crippen LogP contribution in [0.5, 0.6) is 0 Å². The van der Waals surface area contributed by atoms with E-state index < -0.39 is 11.8 Å². The predicted octanol–water partition coefficient (Wildman–Crippen LogP) is 2.90. The molecule has 4 rings (SSSR count). The summed E-state index contributed by atoms with van der Waals surface area (Å²) in [6.07, 6.45) is 3.72. The molecule has 0 unspecified atom stereocenters. The summed E-state index contributed by atoms with van der Waals surface area (Å²) >= 11 is 0. The number of benzene rings is 1. The zero-order valence-electron chi connectivity index (χ0n) is 15.0. The summed E-state index contributed by atoms with van der Waals surface area (Å²) in [5, 5.41) is 2.88. The average molecular weight is 375 g/mol. The van der Waals surface area contributed by atoms with Gasteiger partial charge in [-0.3, -0.25) is 14.0 Å². The van der Waals surface area contributed by atoms with Gasteiger partial charge in [-0.1, -0.05) is 25.1 Å². The van der Waals surface area contributed by atoms with Crippen molar-refractivity contribution in [2.24, 2.45) is 5.73 Å². The summed E-state index contributed by atoms with van der Waals surface area (Å²) < 4.78 is 7.03. The van der Waals surface area contributed by atoms with E-state index in [0.717, 1.165) is 12.0 Å². The summed E-state index contributed by atoms with van der Waals surface area (Å²) in [7, 11) is 0. The minimum Gasteiger partial charge on any atom is -0.463 e. The maximum absolute atomic E-state index is 12.9. The molecule has 3 N–H and O–H groups in total. The van der Waals surface area contributed by atoms with Gasteiger partial charge >= 0.3 is 0 Å². The molecule has 0 spiro atoms. The van der Waals surface area contributed by atoms with Crippen molar-refractivity contribution in [1.82, 2.24) is 14.4 Å². The molecule has 0 bridgehead atoms. The van der Waals surface area contributed by atoms with E-state index in [-0.39, 0.29) is 17.0 Å². The van der Waals surface area contributed by atoms with E-state index >= 15 is 0 Å². The molecule has 0 fully saturated rings. The Bertz CT molecular complexity index is 1180. The smallest absolute Gasteiger partial charge is 0.274 e. The highest BCUT2D eigenvalue weighted by molar-refractivity contribution is 6.05. The third kappa shape index (κ3) is 3.01. The molecule has 8 nitrogen and oxygen atoms in total. The fourth-order valence-corrected chi connectivity index (χ4v) is 3.01. The van der Waals surface area contributed by atoms with E-state index in [1.807, 2.05) is 31.2 Å². The maximum Gasteiger partial charge on any atom is 0.274 e. The lowest BCUT2D eigenvalue weighted by Crippen LogP contribution is -2.17. The summed E-state index contributed by atoms with van der Waals surface area (Å²) in [4.78, 5) is 33.0. The molecule has 0 atom stereocenters. The number of amides is 2. The van der Waals surface area contributed by atoms with E-state index in [2.05, 4.69) is 15.3 Å². The molecule has 0 saturated heterocycles. The number of furan rings is 1. The quantitative estimate of drug-likeness (QED) is 0.556. The highest BCUT2D eigenvalue weighted by Crippen LogP contribution is 2.24. The van der Waals surface area contributed by atoms with Gasteiger partial charge in [-0.25, -0.2) is 9.97 Å². The van der Waals surface area contributed by atoms with Crippen LogP contribution in [0.25, 0.3) is 17.1 Å². The molecule has 3 heterocycles. The largest absolute Gasteiger partial charge is 0.463 e. The Labute approximate surface area is 160 Å². The number of carbonyl (C=O) groups excluding carboxylic acids is 2. The van der Waals surface area contributed by atoms with Crippen molar-refractivity contribution >= 4 is 23.1 Å². The van der Waals surface area contributed by atoms with Gasteiger partial charge in [0, 0.05) is 5.69 Å². The molecule has 2 amide bonds. The van der Waals surface area contributed by atoms with Gasteiger partial charge in [-0.05, 0) is 36.2 Å². The summed E-state index contributed by atoms with van der Waals surface area (Å²) in [5.41, 5.74) is 7.94. The number of aryl methyl sites for hydroxylation is 1. The lowest BCUT2D eigenvalue weighted by atomic mass is 10.1. The molecule has 0 aliphatic heterocycles. The Balaban J connectivity index is 1.83. The molecule has 0 saturated carbocycles. The Hall–Kier alpha value is -3.94. The first kappa shape index (κ1) is 17.5. The third-order valence-corrected chi connectivity index (χ3v) is 4.39. The highest BCUT2D eigenvalue weighted by atomic mass is 16.3. The van der Waals surface area contributed by atoms with Gasteiger partial charge in [0.15, 0.2) is 17.1 Å². The van der Waals surface area contributed by atoms with Gasteiger partial charge in [0.2, 0.25) is 0 Å². The van der Waals surface area contributed by atoms with Gasteiger partial charge in [-0.15, -0.1) is 0 Å². The van der Waals surface area contributed by atoms with Gasteiger partial charge in [0.05, 0.1) is 12.0 Å². The monoisotopic (exact) mass is 375 g/mol. The molecular weight excluding hydrogens is 358 g/mol. The summed E-state index contributed by atoms with van der Waals surface area (Å²) in [6.45, 7) is 2.01. The van der Waals surface area contributed by atoms with Crippen molar-refractivity contribution in [1.29, 1.82) is 0 Å². The lowest BCUT2D eigenvalue weighted by molar-refractivity contribution is 0.0993. The SMILES string of the molecule is CCc1ccccc1NC(=O)c1cc(-c2ccco2)n2cnc(C(N)=O)c2n1. The van der Waals surface area contributed by atoms with Crippen LogP contribution in [0.4, 0.5) is 5.69 Å². The first-order chi connectivity index (χ1) is 13.6. The zero-order valence-corrected chi connectivity index (χ0v) is 15.0. The predicted molar refractivity (Wildman–Crippen MR) is 103 cm³/mol. The molecular formula is C20H17N5O3. The van der Waals surface area contributed by atoms with Gasteiger partial charge < -0.3 is 15.5 Å². The van der Waals surface area contributed by atoms with Crippen LogP contribution in [0.2, 0.25) is 0 Å². The average Bonchev–Trinajstić information content (AvgIpc) is 3.37. The van der Waals surface area contributed by atoms with Crippen molar-refractivity contribution in [3.63, 3.8) is 0 Å². The Morgan fingerprint density at radius 3 is 2.75 bits per heavy atom. The van der Waals surface area contributed by atoms with E-state index in [4.69, 9.17) is 10.2 Å². The van der Waals surface area contributed by atoms with E-state index in [1.54, 1.807) is 22.6 Å². The van der Waals surface area contributed by atoms with Gasteiger partial charge in [0.1, 0.15) is 12.0 Å². The van der Waals surface area contributed by atoms with Gasteiger partial charge in [0.25, 0.3) is 11.8 Å². The van der Waals surface area contributed by atoms with Crippen LogP contribution in [0.3, 0.4) is 0 Å². The second-order valence-electron chi connectivity index (χ2n) is 6.12. The summed E-state index contributed by atoms with van der Waals surface area (Å²) in [6, 6.07) is 12.6.